The Bertz CT molecular complexity index is 121. The van der Waals surface area contributed by atoms with E-state index < -0.39 is 0 Å². The lowest BCUT2D eigenvalue weighted by molar-refractivity contribution is 0.0581. The molecular weight excluding hydrogens is 178 g/mol. The van der Waals surface area contributed by atoms with Crippen LogP contribution in [0.25, 0.3) is 0 Å². The number of ether oxygens (including phenoxy) is 1. The highest BCUT2D eigenvalue weighted by Gasteiger charge is 2.27. The largest absolute Gasteiger partial charge is 0.379 e. The van der Waals surface area contributed by atoms with Gasteiger partial charge in [-0.25, -0.2) is 0 Å². The summed E-state index contributed by atoms with van der Waals surface area (Å²) in [5.41, 5.74) is 0. The van der Waals surface area contributed by atoms with Gasteiger partial charge in [0.2, 0.25) is 0 Å². The Hall–Kier alpha value is 0.620. The van der Waals surface area contributed by atoms with E-state index in [9.17, 15) is 0 Å². The highest BCUT2D eigenvalue weighted by molar-refractivity contribution is 8.76. The molecule has 0 amide bonds. The van der Waals surface area contributed by atoms with E-state index in [0.717, 1.165) is 5.75 Å². The number of likely N-dealkylation sites (N-methyl/N-ethyl adjacent to an activating group) is 1. The first-order chi connectivity index (χ1) is 5.25. The fraction of sp³-hybridized carbons (Fsp3) is 1.00. The molecular formula is C7H15NOS2. The highest BCUT2D eigenvalue weighted by Crippen LogP contribution is 2.32. The molecule has 0 aromatic carbocycles. The third-order valence-corrected chi connectivity index (χ3v) is 4.38. The van der Waals surface area contributed by atoms with E-state index in [1.54, 1.807) is 7.11 Å². The predicted molar refractivity (Wildman–Crippen MR) is 53.2 cm³/mol. The van der Waals surface area contributed by atoms with Crippen molar-refractivity contribution in [3.63, 3.8) is 0 Å². The SMILES string of the molecule is CO[C@H]1CSSCC1N(C)C. The van der Waals surface area contributed by atoms with Crippen molar-refractivity contribution in [3.05, 3.63) is 0 Å². The molecule has 0 N–H and O–H groups in total. The summed E-state index contributed by atoms with van der Waals surface area (Å²) >= 11 is 0. The second kappa shape index (κ2) is 4.60. The molecule has 1 rings (SSSR count). The molecule has 0 aromatic heterocycles. The van der Waals surface area contributed by atoms with Gasteiger partial charge in [-0.05, 0) is 14.1 Å². The predicted octanol–water partition coefficient (Wildman–Crippen LogP) is 1.33. The summed E-state index contributed by atoms with van der Waals surface area (Å²) in [6.45, 7) is 0. The van der Waals surface area contributed by atoms with Gasteiger partial charge in [0.1, 0.15) is 0 Å². The Kier molecular flexibility index (Phi) is 4.06. The first-order valence-corrected chi connectivity index (χ1v) is 6.18. The van der Waals surface area contributed by atoms with Gasteiger partial charge in [-0.2, -0.15) is 0 Å². The molecule has 1 fully saturated rings. The topological polar surface area (TPSA) is 12.5 Å². The molecule has 1 aliphatic rings. The van der Waals surface area contributed by atoms with E-state index >= 15 is 0 Å². The Morgan fingerprint density at radius 1 is 1.27 bits per heavy atom. The molecule has 0 saturated carbocycles. The summed E-state index contributed by atoms with van der Waals surface area (Å²) in [4.78, 5) is 2.25. The van der Waals surface area contributed by atoms with Crippen LogP contribution in [-0.4, -0.2) is 49.8 Å². The lowest BCUT2D eigenvalue weighted by Gasteiger charge is -2.33. The fourth-order valence-electron chi connectivity index (χ4n) is 1.16. The third-order valence-electron chi connectivity index (χ3n) is 1.95. The van der Waals surface area contributed by atoms with Crippen molar-refractivity contribution in [1.82, 2.24) is 4.90 Å². The van der Waals surface area contributed by atoms with Crippen LogP contribution in [0.2, 0.25) is 0 Å². The van der Waals surface area contributed by atoms with E-state index in [1.165, 1.54) is 5.75 Å². The monoisotopic (exact) mass is 193 g/mol. The maximum Gasteiger partial charge on any atom is 0.0833 e. The number of nitrogens with zero attached hydrogens (tertiary/aromatic N) is 1. The molecule has 0 aromatic rings. The van der Waals surface area contributed by atoms with Crippen molar-refractivity contribution in [2.24, 2.45) is 0 Å². The molecule has 4 heteroatoms. The van der Waals surface area contributed by atoms with Crippen molar-refractivity contribution < 1.29 is 4.74 Å². The Labute approximate surface area is 76.4 Å². The maximum absolute atomic E-state index is 5.39. The Morgan fingerprint density at radius 2 is 1.91 bits per heavy atom. The van der Waals surface area contributed by atoms with Gasteiger partial charge < -0.3 is 9.64 Å². The van der Waals surface area contributed by atoms with Crippen LogP contribution in [0.4, 0.5) is 0 Å². The van der Waals surface area contributed by atoms with Crippen LogP contribution in [0.5, 0.6) is 0 Å². The van der Waals surface area contributed by atoms with Gasteiger partial charge in [0.25, 0.3) is 0 Å². The number of hydrogen-bond donors (Lipinski definition) is 0. The quantitative estimate of drug-likeness (QED) is 0.613. The molecule has 2 atom stereocenters. The van der Waals surface area contributed by atoms with E-state index in [1.807, 2.05) is 21.6 Å². The van der Waals surface area contributed by atoms with E-state index in [2.05, 4.69) is 19.0 Å². The summed E-state index contributed by atoms with van der Waals surface area (Å²) in [5.74, 6) is 2.29. The fourth-order valence-corrected chi connectivity index (χ4v) is 3.89. The van der Waals surface area contributed by atoms with Crippen LogP contribution < -0.4 is 0 Å². The molecule has 0 radical (unpaired) electrons. The second-order valence-electron chi connectivity index (χ2n) is 2.87. The normalized spacial score (nSPS) is 32.7. The highest BCUT2D eigenvalue weighted by atomic mass is 33.1. The van der Waals surface area contributed by atoms with Crippen molar-refractivity contribution in [3.8, 4) is 0 Å². The van der Waals surface area contributed by atoms with Crippen LogP contribution in [-0.2, 0) is 4.74 Å². The van der Waals surface area contributed by atoms with Crippen LogP contribution in [0.15, 0.2) is 0 Å². The van der Waals surface area contributed by atoms with Crippen LogP contribution in [0.1, 0.15) is 0 Å². The first kappa shape index (κ1) is 9.71. The van der Waals surface area contributed by atoms with E-state index in [-0.39, 0.29) is 0 Å². The molecule has 1 aliphatic heterocycles. The summed E-state index contributed by atoms with van der Waals surface area (Å²) in [5, 5.41) is 0. The van der Waals surface area contributed by atoms with Gasteiger partial charge in [-0.3, -0.25) is 0 Å². The smallest absolute Gasteiger partial charge is 0.0833 e. The average molecular weight is 193 g/mol. The minimum absolute atomic E-state index is 0.413. The standard InChI is InChI=1S/C7H15NOS2/c1-8(2)6-4-10-11-5-7(6)9-3/h6-7H,4-5H2,1-3H3/t6?,7-/m0/s1. The third kappa shape index (κ3) is 2.54. The van der Waals surface area contributed by atoms with Crippen molar-refractivity contribution in [1.29, 1.82) is 0 Å². The molecule has 1 unspecified atom stereocenters. The van der Waals surface area contributed by atoms with Gasteiger partial charge in [0.05, 0.1) is 6.10 Å². The molecule has 11 heavy (non-hydrogen) atoms. The lowest BCUT2D eigenvalue weighted by Crippen LogP contribution is -2.44. The van der Waals surface area contributed by atoms with Crippen molar-refractivity contribution in [2.45, 2.75) is 12.1 Å². The minimum Gasteiger partial charge on any atom is -0.379 e. The summed E-state index contributed by atoms with van der Waals surface area (Å²) in [6.07, 6.45) is 0.413. The van der Waals surface area contributed by atoms with Gasteiger partial charge in [0, 0.05) is 24.7 Å². The first-order valence-electron chi connectivity index (χ1n) is 3.69. The number of rotatable bonds is 2. The Morgan fingerprint density at radius 3 is 2.36 bits per heavy atom. The van der Waals surface area contributed by atoms with Gasteiger partial charge >= 0.3 is 0 Å². The van der Waals surface area contributed by atoms with Crippen molar-refractivity contribution >= 4 is 21.6 Å². The maximum atomic E-state index is 5.39. The summed E-state index contributed by atoms with van der Waals surface area (Å²) in [7, 11) is 9.90. The Balaban J connectivity index is 2.44. The molecule has 2 nitrogen and oxygen atoms in total. The lowest BCUT2D eigenvalue weighted by atomic mass is 10.2. The summed E-state index contributed by atoms with van der Waals surface area (Å²) < 4.78 is 5.39. The molecule has 1 saturated heterocycles. The van der Waals surface area contributed by atoms with Gasteiger partial charge in [-0.1, -0.05) is 21.6 Å². The average Bonchev–Trinajstić information content (AvgIpc) is 2.04. The van der Waals surface area contributed by atoms with Crippen LogP contribution in [0, 0.1) is 0 Å². The molecule has 0 bridgehead atoms. The van der Waals surface area contributed by atoms with Crippen LogP contribution >= 0.6 is 21.6 Å². The van der Waals surface area contributed by atoms with E-state index in [0.29, 0.717) is 12.1 Å². The molecule has 0 aliphatic carbocycles. The molecule has 66 valence electrons. The molecule has 0 spiro atoms. The zero-order valence-electron chi connectivity index (χ0n) is 7.24. The van der Waals surface area contributed by atoms with Crippen LogP contribution in [0.3, 0.4) is 0 Å². The zero-order valence-corrected chi connectivity index (χ0v) is 8.87. The van der Waals surface area contributed by atoms with Crippen molar-refractivity contribution in [2.75, 3.05) is 32.7 Å². The second-order valence-corrected chi connectivity index (χ2v) is 5.43. The summed E-state index contributed by atoms with van der Waals surface area (Å²) in [6, 6.07) is 0.589. The zero-order chi connectivity index (χ0) is 8.27. The molecule has 1 heterocycles. The van der Waals surface area contributed by atoms with Gasteiger partial charge in [-0.15, -0.1) is 0 Å². The number of methoxy groups -OCH3 is 1. The van der Waals surface area contributed by atoms with Gasteiger partial charge in [0.15, 0.2) is 0 Å². The van der Waals surface area contributed by atoms with E-state index in [4.69, 9.17) is 4.74 Å². The number of hydrogen-bond acceptors (Lipinski definition) is 4. The minimum atomic E-state index is 0.413.